The van der Waals surface area contributed by atoms with Crippen LogP contribution in [0.15, 0.2) is 36.4 Å². The van der Waals surface area contributed by atoms with E-state index in [4.69, 9.17) is 16.3 Å². The normalized spacial score (nSPS) is 13.5. The van der Waals surface area contributed by atoms with Crippen LogP contribution in [0.4, 0.5) is 5.69 Å². The molecule has 3 rings (SSSR count). The molecule has 1 amide bonds. The van der Waals surface area contributed by atoms with Crippen LogP contribution in [0.5, 0.6) is 5.75 Å². The van der Waals surface area contributed by atoms with Gasteiger partial charge >= 0.3 is 0 Å². The minimum Gasteiger partial charge on any atom is -0.494 e. The number of rotatable bonds is 5. The van der Waals surface area contributed by atoms with Gasteiger partial charge < -0.3 is 9.64 Å². The number of hydrogen-bond acceptors (Lipinski definition) is 2. The van der Waals surface area contributed by atoms with Crippen molar-refractivity contribution in [2.45, 2.75) is 39.5 Å². The number of carbonyl (C=O) groups excluding carboxylic acids is 1. The van der Waals surface area contributed by atoms with E-state index in [1.165, 1.54) is 5.56 Å². The van der Waals surface area contributed by atoms with Crippen LogP contribution >= 0.6 is 11.6 Å². The molecule has 2 aromatic rings. The van der Waals surface area contributed by atoms with E-state index < -0.39 is 0 Å². The summed E-state index contributed by atoms with van der Waals surface area (Å²) < 4.78 is 5.80. The lowest BCUT2D eigenvalue weighted by atomic mass is 10.0. The summed E-state index contributed by atoms with van der Waals surface area (Å²) in [7, 11) is 0. The zero-order valence-electron chi connectivity index (χ0n) is 14.8. The molecule has 0 bridgehead atoms. The third kappa shape index (κ3) is 4.16. The molecule has 1 aliphatic rings. The number of fused-ring (bicyclic) bond motifs is 1. The Morgan fingerprint density at radius 1 is 1.20 bits per heavy atom. The molecule has 1 aliphatic heterocycles. The van der Waals surface area contributed by atoms with Crippen LogP contribution in [0.1, 0.15) is 36.0 Å². The standard InChI is InChI=1S/C21H24ClNO2/c1-15-13-18(14-16(2)21(15)22)25-12-6-10-20(24)23-11-5-8-17-7-3-4-9-19(17)23/h3-4,7,9,13-14H,5-6,8,10-12H2,1-2H3. The zero-order chi connectivity index (χ0) is 17.8. The van der Waals surface area contributed by atoms with Gasteiger partial charge in [0.2, 0.25) is 5.91 Å². The first-order valence-corrected chi connectivity index (χ1v) is 9.22. The van der Waals surface area contributed by atoms with Gasteiger partial charge in [0.15, 0.2) is 0 Å². The number of benzene rings is 2. The van der Waals surface area contributed by atoms with E-state index in [0.29, 0.717) is 19.4 Å². The topological polar surface area (TPSA) is 29.5 Å². The maximum absolute atomic E-state index is 12.6. The molecule has 0 unspecified atom stereocenters. The predicted octanol–water partition coefficient (Wildman–Crippen LogP) is 5.10. The quantitative estimate of drug-likeness (QED) is 0.697. The highest BCUT2D eigenvalue weighted by Crippen LogP contribution is 2.28. The molecule has 3 nitrogen and oxygen atoms in total. The van der Waals surface area contributed by atoms with Crippen molar-refractivity contribution in [1.29, 1.82) is 0 Å². The average molecular weight is 358 g/mol. The van der Waals surface area contributed by atoms with Gasteiger partial charge in [0.05, 0.1) is 6.61 Å². The lowest BCUT2D eigenvalue weighted by molar-refractivity contribution is -0.118. The first kappa shape index (κ1) is 17.8. The molecule has 4 heteroatoms. The first-order chi connectivity index (χ1) is 12.1. The van der Waals surface area contributed by atoms with E-state index in [-0.39, 0.29) is 5.91 Å². The van der Waals surface area contributed by atoms with Crippen molar-refractivity contribution in [1.82, 2.24) is 0 Å². The summed E-state index contributed by atoms with van der Waals surface area (Å²) in [5.74, 6) is 0.995. The number of para-hydroxylation sites is 1. The largest absolute Gasteiger partial charge is 0.494 e. The highest BCUT2D eigenvalue weighted by atomic mass is 35.5. The van der Waals surface area contributed by atoms with Gasteiger partial charge in [0.1, 0.15) is 5.75 Å². The van der Waals surface area contributed by atoms with Crippen molar-refractivity contribution < 1.29 is 9.53 Å². The van der Waals surface area contributed by atoms with Crippen molar-refractivity contribution in [3.8, 4) is 5.75 Å². The molecule has 0 aliphatic carbocycles. The SMILES string of the molecule is Cc1cc(OCCCC(=O)N2CCCc3ccccc32)cc(C)c1Cl. The highest BCUT2D eigenvalue weighted by molar-refractivity contribution is 6.32. The number of amides is 1. The Morgan fingerprint density at radius 3 is 2.68 bits per heavy atom. The molecule has 0 aromatic heterocycles. The van der Waals surface area contributed by atoms with Crippen LogP contribution in [-0.2, 0) is 11.2 Å². The smallest absolute Gasteiger partial charge is 0.227 e. The second kappa shape index (κ2) is 7.92. The summed E-state index contributed by atoms with van der Waals surface area (Å²) in [6.07, 6.45) is 3.29. The number of ether oxygens (including phenoxy) is 1. The van der Waals surface area contributed by atoms with E-state index in [1.807, 2.05) is 49.1 Å². The molecule has 0 saturated heterocycles. The molecule has 0 radical (unpaired) electrons. The minimum atomic E-state index is 0.180. The van der Waals surface area contributed by atoms with Crippen LogP contribution in [0, 0.1) is 13.8 Å². The molecule has 1 heterocycles. The van der Waals surface area contributed by atoms with Crippen molar-refractivity contribution in [2.24, 2.45) is 0 Å². The van der Waals surface area contributed by atoms with Crippen LogP contribution < -0.4 is 9.64 Å². The number of aryl methyl sites for hydroxylation is 3. The van der Waals surface area contributed by atoms with Crippen molar-refractivity contribution in [3.63, 3.8) is 0 Å². The van der Waals surface area contributed by atoms with E-state index >= 15 is 0 Å². The summed E-state index contributed by atoms with van der Waals surface area (Å²) >= 11 is 6.17. The lowest BCUT2D eigenvalue weighted by Crippen LogP contribution is -2.35. The fourth-order valence-corrected chi connectivity index (χ4v) is 3.44. The monoisotopic (exact) mass is 357 g/mol. The number of carbonyl (C=O) groups is 1. The van der Waals surface area contributed by atoms with Gasteiger partial charge in [0.25, 0.3) is 0 Å². The first-order valence-electron chi connectivity index (χ1n) is 8.84. The minimum absolute atomic E-state index is 0.180. The van der Waals surface area contributed by atoms with Gasteiger partial charge in [-0.3, -0.25) is 4.79 Å². The third-order valence-corrected chi connectivity index (χ3v) is 5.22. The van der Waals surface area contributed by atoms with Gasteiger partial charge in [-0.25, -0.2) is 0 Å². The van der Waals surface area contributed by atoms with Crippen molar-refractivity contribution in [3.05, 3.63) is 58.1 Å². The Bertz CT molecular complexity index is 749. The van der Waals surface area contributed by atoms with Crippen LogP contribution in [0.2, 0.25) is 5.02 Å². The Balaban J connectivity index is 1.52. The molecule has 132 valence electrons. The average Bonchev–Trinajstić information content (AvgIpc) is 2.62. The Morgan fingerprint density at radius 2 is 1.92 bits per heavy atom. The maximum atomic E-state index is 12.6. The van der Waals surface area contributed by atoms with Crippen molar-refractivity contribution in [2.75, 3.05) is 18.1 Å². The van der Waals surface area contributed by atoms with Gasteiger partial charge in [-0.1, -0.05) is 29.8 Å². The van der Waals surface area contributed by atoms with Gasteiger partial charge in [-0.15, -0.1) is 0 Å². The van der Waals surface area contributed by atoms with E-state index in [0.717, 1.165) is 47.0 Å². The maximum Gasteiger partial charge on any atom is 0.227 e. The van der Waals surface area contributed by atoms with Gasteiger partial charge in [-0.2, -0.15) is 0 Å². The van der Waals surface area contributed by atoms with Crippen molar-refractivity contribution >= 4 is 23.2 Å². The molecule has 0 saturated carbocycles. The van der Waals surface area contributed by atoms with Gasteiger partial charge in [-0.05, 0) is 68.0 Å². The summed E-state index contributed by atoms with van der Waals surface area (Å²) in [4.78, 5) is 14.5. The molecule has 0 atom stereocenters. The van der Waals surface area contributed by atoms with Crippen LogP contribution in [-0.4, -0.2) is 19.1 Å². The molecule has 0 N–H and O–H groups in total. The van der Waals surface area contributed by atoms with Gasteiger partial charge in [0, 0.05) is 23.7 Å². The molecular weight excluding hydrogens is 334 g/mol. The Hall–Kier alpha value is -2.00. The predicted molar refractivity (Wildman–Crippen MR) is 103 cm³/mol. The van der Waals surface area contributed by atoms with E-state index in [1.54, 1.807) is 0 Å². The van der Waals surface area contributed by atoms with E-state index in [9.17, 15) is 4.79 Å². The summed E-state index contributed by atoms with van der Waals surface area (Å²) in [5, 5.41) is 0.784. The molecule has 0 fully saturated rings. The van der Waals surface area contributed by atoms with E-state index in [2.05, 4.69) is 6.07 Å². The molecular formula is C21H24ClNO2. The molecule has 2 aromatic carbocycles. The number of halogens is 1. The summed E-state index contributed by atoms with van der Waals surface area (Å²) in [6.45, 7) is 5.28. The third-order valence-electron chi connectivity index (χ3n) is 4.62. The second-order valence-corrected chi connectivity index (χ2v) is 6.98. The second-order valence-electron chi connectivity index (χ2n) is 6.60. The number of hydrogen-bond donors (Lipinski definition) is 0. The Kier molecular flexibility index (Phi) is 5.64. The highest BCUT2D eigenvalue weighted by Gasteiger charge is 2.21. The number of nitrogens with zero attached hydrogens (tertiary/aromatic N) is 1. The summed E-state index contributed by atoms with van der Waals surface area (Å²) in [5.41, 5.74) is 4.37. The lowest BCUT2D eigenvalue weighted by Gasteiger charge is -2.29. The fraction of sp³-hybridized carbons (Fsp3) is 0.381. The molecule has 25 heavy (non-hydrogen) atoms. The Labute approximate surface area is 154 Å². The number of anilines is 1. The zero-order valence-corrected chi connectivity index (χ0v) is 15.6. The van der Waals surface area contributed by atoms with Crippen LogP contribution in [0.25, 0.3) is 0 Å². The molecule has 0 spiro atoms. The fourth-order valence-electron chi connectivity index (χ4n) is 3.33. The summed E-state index contributed by atoms with van der Waals surface area (Å²) in [6, 6.07) is 12.1. The van der Waals surface area contributed by atoms with Crippen LogP contribution in [0.3, 0.4) is 0 Å².